The van der Waals surface area contributed by atoms with Gasteiger partial charge in [-0.3, -0.25) is 4.90 Å². The molecule has 0 spiro atoms. The number of sulfonamides is 1. The highest BCUT2D eigenvalue weighted by molar-refractivity contribution is 7.99. The maximum atomic E-state index is 13.0. The number of hydrogen-bond donors (Lipinski definition) is 0. The van der Waals surface area contributed by atoms with Gasteiger partial charge < -0.3 is 4.74 Å². The first kappa shape index (κ1) is 20.8. The molecule has 0 amide bonds. The van der Waals surface area contributed by atoms with E-state index >= 15 is 0 Å². The third kappa shape index (κ3) is 5.38. The largest absolute Gasteiger partial charge is 0.377 e. The molecule has 0 aliphatic carbocycles. The van der Waals surface area contributed by atoms with E-state index in [9.17, 15) is 8.42 Å². The maximum Gasteiger partial charge on any atom is 0.244 e. The second-order valence-corrected chi connectivity index (χ2v) is 10.4. The molecule has 2 fully saturated rings. The van der Waals surface area contributed by atoms with Crippen LogP contribution in [0.15, 0.2) is 58.6 Å². The van der Waals surface area contributed by atoms with Crippen LogP contribution in [-0.4, -0.2) is 67.2 Å². The van der Waals surface area contributed by atoms with Crippen LogP contribution in [0.5, 0.6) is 0 Å². The molecule has 0 saturated carbocycles. The number of thioether (sulfide) groups is 1. The highest BCUT2D eigenvalue weighted by Crippen LogP contribution is 2.24. The molecule has 156 valence electrons. The van der Waals surface area contributed by atoms with Gasteiger partial charge in [-0.25, -0.2) is 13.4 Å². The van der Waals surface area contributed by atoms with Crippen molar-refractivity contribution in [3.8, 4) is 0 Å². The van der Waals surface area contributed by atoms with Gasteiger partial charge in [0.1, 0.15) is 4.90 Å². The molecule has 0 N–H and O–H groups in total. The molecule has 4 rings (SSSR count). The van der Waals surface area contributed by atoms with Gasteiger partial charge in [-0.2, -0.15) is 4.31 Å². The first-order valence-corrected chi connectivity index (χ1v) is 12.5. The topological polar surface area (TPSA) is 62.7 Å². The van der Waals surface area contributed by atoms with Crippen molar-refractivity contribution in [2.45, 2.75) is 35.4 Å². The van der Waals surface area contributed by atoms with E-state index in [-0.39, 0.29) is 11.0 Å². The smallest absolute Gasteiger partial charge is 0.244 e. The van der Waals surface area contributed by atoms with Crippen LogP contribution in [0.4, 0.5) is 0 Å². The van der Waals surface area contributed by atoms with E-state index in [4.69, 9.17) is 4.74 Å². The van der Waals surface area contributed by atoms with Crippen LogP contribution in [0.1, 0.15) is 18.4 Å². The molecule has 2 aliphatic heterocycles. The standard InChI is InChI=1S/C21H27N3O3S2/c25-29(26,20-8-9-21(22-15-20)28-17-19-7-4-14-27-19)24-12-10-23(11-13-24)16-18-5-2-1-3-6-18/h1-3,5-6,8-9,15,19H,4,7,10-14,16-17H2. The molecule has 1 unspecified atom stereocenters. The van der Waals surface area contributed by atoms with Crippen molar-refractivity contribution in [2.24, 2.45) is 0 Å². The number of piperazine rings is 1. The lowest BCUT2D eigenvalue weighted by Crippen LogP contribution is -2.48. The average molecular weight is 434 g/mol. The number of hydrogen-bond acceptors (Lipinski definition) is 6. The van der Waals surface area contributed by atoms with Crippen LogP contribution in [0.3, 0.4) is 0 Å². The van der Waals surface area contributed by atoms with Gasteiger partial charge in [0.15, 0.2) is 0 Å². The first-order chi connectivity index (χ1) is 14.1. The van der Waals surface area contributed by atoms with Crippen molar-refractivity contribution in [1.82, 2.24) is 14.2 Å². The first-order valence-electron chi connectivity index (χ1n) is 10.1. The monoisotopic (exact) mass is 433 g/mol. The van der Waals surface area contributed by atoms with E-state index in [0.717, 1.165) is 49.9 Å². The van der Waals surface area contributed by atoms with Gasteiger partial charge in [0.2, 0.25) is 10.0 Å². The molecule has 29 heavy (non-hydrogen) atoms. The zero-order valence-electron chi connectivity index (χ0n) is 16.4. The summed E-state index contributed by atoms with van der Waals surface area (Å²) in [5.41, 5.74) is 1.25. The van der Waals surface area contributed by atoms with E-state index in [2.05, 4.69) is 22.0 Å². The normalized spacial score (nSPS) is 21.4. The minimum atomic E-state index is -3.50. The van der Waals surface area contributed by atoms with Crippen molar-refractivity contribution in [1.29, 1.82) is 0 Å². The second kappa shape index (κ2) is 9.57. The molecule has 1 aromatic carbocycles. The summed E-state index contributed by atoms with van der Waals surface area (Å²) in [6.45, 7) is 4.17. The van der Waals surface area contributed by atoms with E-state index in [0.29, 0.717) is 13.1 Å². The molecule has 2 aromatic rings. The lowest BCUT2D eigenvalue weighted by atomic mass is 10.2. The van der Waals surface area contributed by atoms with Gasteiger partial charge in [-0.05, 0) is 30.5 Å². The Kier molecular flexibility index (Phi) is 6.87. The van der Waals surface area contributed by atoms with Crippen LogP contribution in [0, 0.1) is 0 Å². The average Bonchev–Trinajstić information content (AvgIpc) is 3.27. The Labute approximate surface area is 177 Å². The molecular formula is C21H27N3O3S2. The Morgan fingerprint density at radius 2 is 1.86 bits per heavy atom. The van der Waals surface area contributed by atoms with Crippen molar-refractivity contribution >= 4 is 21.8 Å². The summed E-state index contributed by atoms with van der Waals surface area (Å²) in [5.74, 6) is 0.864. The fourth-order valence-corrected chi connectivity index (χ4v) is 5.96. The number of benzene rings is 1. The van der Waals surface area contributed by atoms with Crippen LogP contribution in [0.25, 0.3) is 0 Å². The minimum Gasteiger partial charge on any atom is -0.377 e. The maximum absolute atomic E-state index is 13.0. The molecule has 1 aromatic heterocycles. The van der Waals surface area contributed by atoms with E-state index in [1.54, 1.807) is 28.2 Å². The molecule has 8 heteroatoms. The van der Waals surface area contributed by atoms with E-state index in [1.165, 1.54) is 11.8 Å². The molecule has 0 radical (unpaired) electrons. The van der Waals surface area contributed by atoms with Gasteiger partial charge in [0.05, 0.1) is 11.1 Å². The Hall–Kier alpha value is -1.45. The van der Waals surface area contributed by atoms with Crippen LogP contribution in [-0.2, 0) is 21.3 Å². The molecule has 1 atom stereocenters. The van der Waals surface area contributed by atoms with Crippen molar-refractivity contribution in [3.63, 3.8) is 0 Å². The van der Waals surface area contributed by atoms with Gasteiger partial charge in [-0.15, -0.1) is 11.8 Å². The zero-order valence-corrected chi connectivity index (χ0v) is 18.1. The Morgan fingerprint density at radius 3 is 2.52 bits per heavy atom. The summed E-state index contributed by atoms with van der Waals surface area (Å²) in [6, 6.07) is 13.8. The molecule has 2 aliphatic rings. The molecule has 2 saturated heterocycles. The fourth-order valence-electron chi connectivity index (χ4n) is 3.68. The third-order valence-corrected chi connectivity index (χ3v) is 8.33. The van der Waals surface area contributed by atoms with Crippen molar-refractivity contribution < 1.29 is 13.2 Å². The van der Waals surface area contributed by atoms with Crippen molar-refractivity contribution in [3.05, 3.63) is 54.2 Å². The summed E-state index contributed by atoms with van der Waals surface area (Å²) >= 11 is 1.62. The second-order valence-electron chi connectivity index (χ2n) is 7.44. The molecule has 6 nitrogen and oxygen atoms in total. The number of aromatic nitrogens is 1. The minimum absolute atomic E-state index is 0.274. The lowest BCUT2D eigenvalue weighted by Gasteiger charge is -2.33. The summed E-state index contributed by atoms with van der Waals surface area (Å²) in [7, 11) is -3.50. The summed E-state index contributed by atoms with van der Waals surface area (Å²) in [4.78, 5) is 6.93. The quantitative estimate of drug-likeness (QED) is 0.626. The summed E-state index contributed by atoms with van der Waals surface area (Å²) in [5, 5.41) is 0.840. The number of nitrogens with zero attached hydrogens (tertiary/aromatic N) is 3. The fraction of sp³-hybridized carbons (Fsp3) is 0.476. The zero-order chi connectivity index (χ0) is 20.1. The van der Waals surface area contributed by atoms with Crippen LogP contribution in [0.2, 0.25) is 0 Å². The Bertz CT molecular complexity index is 877. The Balaban J connectivity index is 1.31. The molecule has 3 heterocycles. The summed E-state index contributed by atoms with van der Waals surface area (Å²) in [6.07, 6.45) is 3.99. The highest BCUT2D eigenvalue weighted by atomic mass is 32.2. The van der Waals surface area contributed by atoms with Crippen LogP contribution >= 0.6 is 11.8 Å². The van der Waals surface area contributed by atoms with Gasteiger partial charge in [-0.1, -0.05) is 30.3 Å². The number of rotatable bonds is 7. The van der Waals surface area contributed by atoms with Gasteiger partial charge >= 0.3 is 0 Å². The molecular weight excluding hydrogens is 406 g/mol. The predicted molar refractivity (Wildman–Crippen MR) is 114 cm³/mol. The Morgan fingerprint density at radius 1 is 1.07 bits per heavy atom. The molecule has 0 bridgehead atoms. The highest BCUT2D eigenvalue weighted by Gasteiger charge is 2.28. The SMILES string of the molecule is O=S(=O)(c1ccc(SCC2CCCO2)nc1)N1CCN(Cc2ccccc2)CC1. The third-order valence-electron chi connectivity index (χ3n) is 5.37. The van der Waals surface area contributed by atoms with Gasteiger partial charge in [0.25, 0.3) is 0 Å². The predicted octanol–water partition coefficient (Wildman–Crippen LogP) is 2.86. The van der Waals surface area contributed by atoms with E-state index < -0.39 is 10.0 Å². The van der Waals surface area contributed by atoms with E-state index in [1.807, 2.05) is 18.2 Å². The van der Waals surface area contributed by atoms with Crippen molar-refractivity contribution in [2.75, 3.05) is 38.5 Å². The summed E-state index contributed by atoms with van der Waals surface area (Å²) < 4.78 is 33.1. The lowest BCUT2D eigenvalue weighted by molar-refractivity contribution is 0.129. The van der Waals surface area contributed by atoms with Crippen LogP contribution < -0.4 is 0 Å². The number of pyridine rings is 1. The number of ether oxygens (including phenoxy) is 1. The van der Waals surface area contributed by atoms with Gasteiger partial charge in [0, 0.05) is 51.3 Å².